The Labute approximate surface area is 141 Å². The monoisotopic (exact) mass is 324 g/mol. The molecule has 3 rings (SSSR count). The second kappa shape index (κ2) is 7.01. The molecule has 0 bridgehead atoms. The van der Waals surface area contributed by atoms with Crippen molar-refractivity contribution in [3.8, 4) is 0 Å². The summed E-state index contributed by atoms with van der Waals surface area (Å²) in [6.45, 7) is 4.17. The Balaban J connectivity index is 1.95. The Hall–Kier alpha value is -2.07. The van der Waals surface area contributed by atoms with Crippen LogP contribution in [0.1, 0.15) is 29.3 Å². The van der Waals surface area contributed by atoms with Gasteiger partial charge < -0.3 is 0 Å². The number of carbonyl (C=O) groups is 1. The van der Waals surface area contributed by atoms with Gasteiger partial charge >= 0.3 is 0 Å². The summed E-state index contributed by atoms with van der Waals surface area (Å²) in [5, 5.41) is 0.802. The van der Waals surface area contributed by atoms with Crippen molar-refractivity contribution in [2.24, 2.45) is 4.99 Å². The average molecular weight is 324 g/mol. The van der Waals surface area contributed by atoms with Crippen LogP contribution in [0.4, 0.5) is 5.69 Å². The molecule has 1 amide bonds. The van der Waals surface area contributed by atoms with Crippen LogP contribution < -0.4 is 0 Å². The lowest BCUT2D eigenvalue weighted by molar-refractivity contribution is 0.0819. The van der Waals surface area contributed by atoms with Crippen LogP contribution in [-0.4, -0.2) is 27.8 Å². The topological polar surface area (TPSA) is 32.7 Å². The summed E-state index contributed by atoms with van der Waals surface area (Å²) in [4.78, 5) is 19.5. The minimum atomic E-state index is 0.0360. The SMILES string of the molecule is CC[C@@H]1CSC(=Nc2cccc(C)c2)N1C(=O)c1ccccc1. The lowest BCUT2D eigenvalue weighted by Crippen LogP contribution is -2.38. The highest BCUT2D eigenvalue weighted by molar-refractivity contribution is 8.14. The van der Waals surface area contributed by atoms with Gasteiger partial charge in [0.2, 0.25) is 0 Å². The molecular formula is C19H20N2OS. The molecule has 0 unspecified atom stereocenters. The molecule has 0 radical (unpaired) electrons. The van der Waals surface area contributed by atoms with E-state index in [0.29, 0.717) is 5.56 Å². The third kappa shape index (κ3) is 3.48. The standard InChI is InChI=1S/C19H20N2OS/c1-3-17-13-23-19(20-16-11-7-8-14(2)12-16)21(17)18(22)15-9-5-4-6-10-15/h4-12,17H,3,13H2,1-2H3/t17-/m1/s1. The summed E-state index contributed by atoms with van der Waals surface area (Å²) in [7, 11) is 0. The minimum Gasteiger partial charge on any atom is -0.283 e. The fraction of sp³-hybridized carbons (Fsp3) is 0.263. The van der Waals surface area contributed by atoms with E-state index in [1.165, 1.54) is 5.56 Å². The predicted molar refractivity (Wildman–Crippen MR) is 97.4 cm³/mol. The fourth-order valence-electron chi connectivity index (χ4n) is 2.64. The van der Waals surface area contributed by atoms with Gasteiger partial charge in [-0.05, 0) is 43.2 Å². The van der Waals surface area contributed by atoms with Crippen molar-refractivity contribution in [3.05, 3.63) is 65.7 Å². The van der Waals surface area contributed by atoms with Gasteiger partial charge in [0.1, 0.15) is 0 Å². The van der Waals surface area contributed by atoms with E-state index in [2.05, 4.69) is 6.92 Å². The molecule has 0 aromatic heterocycles. The minimum absolute atomic E-state index is 0.0360. The summed E-state index contributed by atoms with van der Waals surface area (Å²) >= 11 is 1.66. The Morgan fingerprint density at radius 1 is 1.22 bits per heavy atom. The highest BCUT2D eigenvalue weighted by Crippen LogP contribution is 2.30. The van der Waals surface area contributed by atoms with Crippen molar-refractivity contribution in [1.82, 2.24) is 4.90 Å². The van der Waals surface area contributed by atoms with Crippen LogP contribution in [0, 0.1) is 6.92 Å². The Bertz CT molecular complexity index is 727. The summed E-state index contributed by atoms with van der Waals surface area (Å²) in [6, 6.07) is 17.7. The highest BCUT2D eigenvalue weighted by Gasteiger charge is 2.34. The number of aryl methyl sites for hydroxylation is 1. The van der Waals surface area contributed by atoms with Crippen molar-refractivity contribution < 1.29 is 4.79 Å². The maximum atomic E-state index is 12.9. The van der Waals surface area contributed by atoms with E-state index in [4.69, 9.17) is 4.99 Å². The number of hydrogen-bond donors (Lipinski definition) is 0. The maximum Gasteiger partial charge on any atom is 0.260 e. The molecule has 2 aromatic rings. The molecule has 0 spiro atoms. The van der Waals surface area contributed by atoms with Gasteiger partial charge in [-0.15, -0.1) is 0 Å². The molecule has 1 aliphatic rings. The van der Waals surface area contributed by atoms with Crippen LogP contribution in [0.2, 0.25) is 0 Å². The number of thioether (sulfide) groups is 1. The molecule has 1 fully saturated rings. The largest absolute Gasteiger partial charge is 0.283 e. The van der Waals surface area contributed by atoms with Crippen molar-refractivity contribution >= 4 is 28.5 Å². The van der Waals surface area contributed by atoms with Crippen LogP contribution in [0.25, 0.3) is 0 Å². The zero-order valence-electron chi connectivity index (χ0n) is 13.4. The average Bonchev–Trinajstić information content (AvgIpc) is 2.97. The van der Waals surface area contributed by atoms with Gasteiger partial charge in [0.05, 0.1) is 5.69 Å². The molecule has 1 saturated heterocycles. The first-order chi connectivity index (χ1) is 11.2. The third-order valence-corrected chi connectivity index (χ3v) is 5.01. The zero-order valence-corrected chi connectivity index (χ0v) is 14.2. The van der Waals surface area contributed by atoms with E-state index in [-0.39, 0.29) is 11.9 Å². The summed E-state index contributed by atoms with van der Waals surface area (Å²) in [6.07, 6.45) is 0.929. The number of amidine groups is 1. The Morgan fingerprint density at radius 2 is 2.00 bits per heavy atom. The Morgan fingerprint density at radius 3 is 2.70 bits per heavy atom. The molecule has 1 atom stereocenters. The van der Waals surface area contributed by atoms with Crippen LogP contribution in [0.15, 0.2) is 59.6 Å². The van der Waals surface area contributed by atoms with E-state index in [9.17, 15) is 4.79 Å². The third-order valence-electron chi connectivity index (χ3n) is 3.91. The smallest absolute Gasteiger partial charge is 0.260 e. The van der Waals surface area contributed by atoms with E-state index >= 15 is 0 Å². The molecule has 118 valence electrons. The zero-order chi connectivity index (χ0) is 16.2. The van der Waals surface area contributed by atoms with E-state index in [1.807, 2.05) is 66.4 Å². The van der Waals surface area contributed by atoms with E-state index in [1.54, 1.807) is 11.8 Å². The number of aliphatic imine (C=N–C) groups is 1. The molecule has 1 aliphatic heterocycles. The van der Waals surface area contributed by atoms with Crippen molar-refractivity contribution in [1.29, 1.82) is 0 Å². The van der Waals surface area contributed by atoms with Crippen LogP contribution >= 0.6 is 11.8 Å². The lowest BCUT2D eigenvalue weighted by atomic mass is 10.1. The first kappa shape index (κ1) is 15.8. The molecule has 2 aromatic carbocycles. The van der Waals surface area contributed by atoms with Crippen LogP contribution in [-0.2, 0) is 0 Å². The van der Waals surface area contributed by atoms with E-state index in [0.717, 1.165) is 23.0 Å². The van der Waals surface area contributed by atoms with Crippen LogP contribution in [0.3, 0.4) is 0 Å². The first-order valence-corrected chi connectivity index (χ1v) is 8.84. The van der Waals surface area contributed by atoms with Crippen molar-refractivity contribution in [3.63, 3.8) is 0 Å². The molecule has 4 heteroatoms. The number of carbonyl (C=O) groups excluding carboxylic acids is 1. The van der Waals surface area contributed by atoms with Gasteiger partial charge in [-0.1, -0.05) is 49.0 Å². The predicted octanol–water partition coefficient (Wildman–Crippen LogP) is 4.65. The second-order valence-electron chi connectivity index (χ2n) is 5.65. The van der Waals surface area contributed by atoms with Crippen molar-refractivity contribution in [2.45, 2.75) is 26.3 Å². The molecule has 0 aliphatic carbocycles. The summed E-state index contributed by atoms with van der Waals surface area (Å²) < 4.78 is 0. The van der Waals surface area contributed by atoms with Gasteiger partial charge in [0.25, 0.3) is 5.91 Å². The molecule has 3 nitrogen and oxygen atoms in total. The summed E-state index contributed by atoms with van der Waals surface area (Å²) in [5.41, 5.74) is 2.78. The molecule has 0 N–H and O–H groups in total. The number of nitrogens with zero attached hydrogens (tertiary/aromatic N) is 2. The Kier molecular flexibility index (Phi) is 4.82. The fourth-order valence-corrected chi connectivity index (χ4v) is 3.91. The van der Waals surface area contributed by atoms with Gasteiger partial charge in [-0.25, -0.2) is 4.99 Å². The van der Waals surface area contributed by atoms with Gasteiger partial charge in [-0.3, -0.25) is 9.69 Å². The maximum absolute atomic E-state index is 12.9. The van der Waals surface area contributed by atoms with Crippen molar-refractivity contribution in [2.75, 3.05) is 5.75 Å². The molecule has 1 heterocycles. The van der Waals surface area contributed by atoms with Gasteiger partial charge in [0, 0.05) is 17.4 Å². The lowest BCUT2D eigenvalue weighted by Gasteiger charge is -2.23. The molecule has 23 heavy (non-hydrogen) atoms. The highest BCUT2D eigenvalue weighted by atomic mass is 32.2. The van der Waals surface area contributed by atoms with Crippen LogP contribution in [0.5, 0.6) is 0 Å². The number of amides is 1. The normalized spacial score (nSPS) is 19.3. The second-order valence-corrected chi connectivity index (χ2v) is 6.63. The summed E-state index contributed by atoms with van der Waals surface area (Å²) in [5.74, 6) is 0.938. The molecule has 0 saturated carbocycles. The molecular weight excluding hydrogens is 304 g/mol. The van der Waals surface area contributed by atoms with E-state index < -0.39 is 0 Å². The quantitative estimate of drug-likeness (QED) is 0.823. The number of benzene rings is 2. The number of hydrogen-bond acceptors (Lipinski definition) is 3. The number of rotatable bonds is 3. The van der Waals surface area contributed by atoms with Gasteiger partial charge in [-0.2, -0.15) is 0 Å². The van der Waals surface area contributed by atoms with Gasteiger partial charge in [0.15, 0.2) is 5.17 Å². The first-order valence-electron chi connectivity index (χ1n) is 7.86.